The molecule has 2 N–H and O–H groups in total. The Bertz CT molecular complexity index is 385. The monoisotopic (exact) mass is 204 g/mol. The van der Waals surface area contributed by atoms with Gasteiger partial charge >= 0.3 is 0 Å². The van der Waals surface area contributed by atoms with E-state index < -0.39 is 0 Å². The Labute approximate surface area is 87.9 Å². The second-order valence-electron chi connectivity index (χ2n) is 3.22. The Hall–Kier alpha value is -1.22. The summed E-state index contributed by atoms with van der Waals surface area (Å²) < 4.78 is 0. The number of aryl methyl sites for hydroxylation is 1. The molecule has 1 aromatic carbocycles. The van der Waals surface area contributed by atoms with Gasteiger partial charge < -0.3 is 10.7 Å². The molecule has 0 atom stereocenters. The summed E-state index contributed by atoms with van der Waals surface area (Å²) in [6.45, 7) is 3.70. The summed E-state index contributed by atoms with van der Waals surface area (Å²) in [5, 5.41) is 10.1. The maximum absolute atomic E-state index is 7.02. The summed E-state index contributed by atoms with van der Waals surface area (Å²) in [5.41, 5.74) is 3.05. The molecule has 3 heteroatoms. The standard InChI is InChI=1S/C11H12N2S/c1-8(7-12)13-10-2-3-11-9(6-10)4-5-14-11/h2-3,6-7,12-13H,1,4-5H2. The van der Waals surface area contributed by atoms with Crippen molar-refractivity contribution in [3.8, 4) is 0 Å². The molecule has 2 rings (SSSR count). The van der Waals surface area contributed by atoms with Crippen LogP contribution in [0.4, 0.5) is 5.69 Å². The smallest absolute Gasteiger partial charge is 0.0490 e. The van der Waals surface area contributed by atoms with E-state index in [0.717, 1.165) is 12.1 Å². The third-order valence-electron chi connectivity index (χ3n) is 2.17. The van der Waals surface area contributed by atoms with Gasteiger partial charge in [0.05, 0.1) is 0 Å². The van der Waals surface area contributed by atoms with E-state index in [1.807, 2.05) is 17.8 Å². The van der Waals surface area contributed by atoms with Crippen molar-refractivity contribution in [3.05, 3.63) is 36.0 Å². The molecule has 0 aliphatic carbocycles. The van der Waals surface area contributed by atoms with Crippen LogP contribution in [0, 0.1) is 5.41 Å². The number of hydrogen-bond donors (Lipinski definition) is 2. The number of rotatable bonds is 3. The Morgan fingerprint density at radius 2 is 2.43 bits per heavy atom. The minimum Gasteiger partial charge on any atom is -0.355 e. The van der Waals surface area contributed by atoms with Crippen molar-refractivity contribution in [1.82, 2.24) is 0 Å². The normalized spacial score (nSPS) is 13.4. The molecule has 14 heavy (non-hydrogen) atoms. The van der Waals surface area contributed by atoms with Gasteiger partial charge in [-0.1, -0.05) is 6.58 Å². The molecule has 0 saturated heterocycles. The van der Waals surface area contributed by atoms with Gasteiger partial charge in [0, 0.05) is 28.2 Å². The third kappa shape index (κ3) is 1.82. The van der Waals surface area contributed by atoms with E-state index in [9.17, 15) is 0 Å². The van der Waals surface area contributed by atoms with Gasteiger partial charge in [0.1, 0.15) is 0 Å². The minimum atomic E-state index is 0.621. The number of fused-ring (bicyclic) bond motifs is 1. The zero-order valence-corrected chi connectivity index (χ0v) is 8.66. The van der Waals surface area contributed by atoms with E-state index in [0.29, 0.717) is 5.70 Å². The van der Waals surface area contributed by atoms with E-state index in [4.69, 9.17) is 5.41 Å². The van der Waals surface area contributed by atoms with Gasteiger partial charge in [0.25, 0.3) is 0 Å². The molecule has 1 aromatic rings. The largest absolute Gasteiger partial charge is 0.355 e. The highest BCUT2D eigenvalue weighted by molar-refractivity contribution is 7.99. The molecular weight excluding hydrogens is 192 g/mol. The molecule has 0 bridgehead atoms. The van der Waals surface area contributed by atoms with E-state index in [1.165, 1.54) is 22.4 Å². The fourth-order valence-corrected chi connectivity index (χ4v) is 2.54. The first-order valence-corrected chi connectivity index (χ1v) is 5.50. The highest BCUT2D eigenvalue weighted by Gasteiger charge is 2.11. The van der Waals surface area contributed by atoms with Crippen LogP contribution < -0.4 is 5.32 Å². The van der Waals surface area contributed by atoms with Gasteiger partial charge in [-0.15, -0.1) is 11.8 Å². The van der Waals surface area contributed by atoms with Crippen LogP contribution in [0.2, 0.25) is 0 Å². The highest BCUT2D eigenvalue weighted by Crippen LogP contribution is 2.32. The fourth-order valence-electron chi connectivity index (χ4n) is 1.49. The lowest BCUT2D eigenvalue weighted by atomic mass is 10.1. The summed E-state index contributed by atoms with van der Waals surface area (Å²) in [6, 6.07) is 6.31. The van der Waals surface area contributed by atoms with Gasteiger partial charge in [0.15, 0.2) is 0 Å². The predicted molar refractivity (Wildman–Crippen MR) is 62.4 cm³/mol. The molecule has 0 saturated carbocycles. The molecule has 1 heterocycles. The SMILES string of the molecule is C=C(C=N)Nc1ccc2c(c1)CCS2. The first-order chi connectivity index (χ1) is 6.79. The molecule has 72 valence electrons. The molecule has 2 nitrogen and oxygen atoms in total. The lowest BCUT2D eigenvalue weighted by Crippen LogP contribution is -1.98. The molecule has 0 aromatic heterocycles. The van der Waals surface area contributed by atoms with Crippen LogP contribution in [0.25, 0.3) is 0 Å². The lowest BCUT2D eigenvalue weighted by Gasteiger charge is -2.06. The van der Waals surface area contributed by atoms with Crippen molar-refractivity contribution < 1.29 is 0 Å². The maximum atomic E-state index is 7.02. The van der Waals surface area contributed by atoms with Gasteiger partial charge in [-0.25, -0.2) is 0 Å². The van der Waals surface area contributed by atoms with Crippen LogP contribution in [-0.4, -0.2) is 12.0 Å². The molecule has 0 radical (unpaired) electrons. The highest BCUT2D eigenvalue weighted by atomic mass is 32.2. The summed E-state index contributed by atoms with van der Waals surface area (Å²) >= 11 is 1.91. The van der Waals surface area contributed by atoms with Crippen LogP contribution in [0.3, 0.4) is 0 Å². The first-order valence-electron chi connectivity index (χ1n) is 4.52. The van der Waals surface area contributed by atoms with E-state index in [1.54, 1.807) is 0 Å². The van der Waals surface area contributed by atoms with Gasteiger partial charge in [-0.3, -0.25) is 0 Å². The molecule has 0 amide bonds. The summed E-state index contributed by atoms with van der Waals surface area (Å²) in [5.74, 6) is 1.18. The van der Waals surface area contributed by atoms with Crippen LogP contribution >= 0.6 is 11.8 Å². The van der Waals surface area contributed by atoms with Gasteiger partial charge in [0.2, 0.25) is 0 Å². The Balaban J connectivity index is 2.20. The van der Waals surface area contributed by atoms with Crippen LogP contribution in [0.1, 0.15) is 5.56 Å². The summed E-state index contributed by atoms with van der Waals surface area (Å²) in [6.07, 6.45) is 2.37. The van der Waals surface area contributed by atoms with Crippen molar-refractivity contribution in [1.29, 1.82) is 5.41 Å². The quantitative estimate of drug-likeness (QED) is 0.743. The zero-order chi connectivity index (χ0) is 9.97. The van der Waals surface area contributed by atoms with Crippen molar-refractivity contribution in [2.75, 3.05) is 11.1 Å². The van der Waals surface area contributed by atoms with E-state index >= 15 is 0 Å². The predicted octanol–water partition coefficient (Wildman–Crippen LogP) is 2.91. The second kappa shape index (κ2) is 3.88. The molecular formula is C11H12N2S. The van der Waals surface area contributed by atoms with Crippen LogP contribution in [0.5, 0.6) is 0 Å². The summed E-state index contributed by atoms with van der Waals surface area (Å²) in [4.78, 5) is 1.39. The van der Waals surface area contributed by atoms with Crippen molar-refractivity contribution in [3.63, 3.8) is 0 Å². The van der Waals surface area contributed by atoms with Crippen molar-refractivity contribution >= 4 is 23.7 Å². The van der Waals surface area contributed by atoms with Crippen molar-refractivity contribution in [2.24, 2.45) is 0 Å². The number of allylic oxidation sites excluding steroid dienone is 1. The molecule has 0 fully saturated rings. The molecule has 0 unspecified atom stereocenters. The molecule has 1 aliphatic heterocycles. The minimum absolute atomic E-state index is 0.621. The van der Waals surface area contributed by atoms with Crippen LogP contribution in [0.15, 0.2) is 35.4 Å². The third-order valence-corrected chi connectivity index (χ3v) is 3.29. The first kappa shape index (κ1) is 9.34. The Morgan fingerprint density at radius 1 is 1.57 bits per heavy atom. The number of thioether (sulfide) groups is 1. The summed E-state index contributed by atoms with van der Waals surface area (Å²) in [7, 11) is 0. The molecule has 1 aliphatic rings. The Kier molecular flexibility index (Phi) is 2.59. The number of hydrogen-bond acceptors (Lipinski definition) is 3. The second-order valence-corrected chi connectivity index (χ2v) is 4.35. The van der Waals surface area contributed by atoms with Crippen LogP contribution in [-0.2, 0) is 6.42 Å². The maximum Gasteiger partial charge on any atom is 0.0490 e. The van der Waals surface area contributed by atoms with E-state index in [2.05, 4.69) is 24.0 Å². The van der Waals surface area contributed by atoms with Crippen molar-refractivity contribution in [2.45, 2.75) is 11.3 Å². The average Bonchev–Trinajstić information content (AvgIpc) is 2.64. The lowest BCUT2D eigenvalue weighted by molar-refractivity contribution is 1.15. The average molecular weight is 204 g/mol. The molecule has 0 spiro atoms. The van der Waals surface area contributed by atoms with E-state index in [-0.39, 0.29) is 0 Å². The van der Waals surface area contributed by atoms with Gasteiger partial charge in [-0.05, 0) is 30.2 Å². The number of benzene rings is 1. The van der Waals surface area contributed by atoms with Gasteiger partial charge in [-0.2, -0.15) is 0 Å². The fraction of sp³-hybridized carbons (Fsp3) is 0.182. The Morgan fingerprint density at radius 3 is 3.21 bits per heavy atom. The number of nitrogens with one attached hydrogen (secondary N) is 2. The number of anilines is 1. The topological polar surface area (TPSA) is 35.9 Å². The zero-order valence-electron chi connectivity index (χ0n) is 7.84.